The van der Waals surface area contributed by atoms with Crippen molar-refractivity contribution >= 4 is 8.56 Å². The molecule has 0 radical (unpaired) electrons. The molecule has 0 aromatic carbocycles. The molecule has 18 heavy (non-hydrogen) atoms. The Balaban J connectivity index is 3.95. The molecule has 0 aliphatic carbocycles. The summed E-state index contributed by atoms with van der Waals surface area (Å²) in [7, 11) is -1.87. The summed E-state index contributed by atoms with van der Waals surface area (Å²) in [6, 6.07) is 1.17. The molecule has 2 nitrogen and oxygen atoms in total. The third-order valence-corrected chi connectivity index (χ3v) is 6.19. The molecule has 0 atom stereocenters. The summed E-state index contributed by atoms with van der Waals surface area (Å²) in [5, 5.41) is 0. The van der Waals surface area contributed by atoms with E-state index >= 15 is 0 Å². The summed E-state index contributed by atoms with van der Waals surface area (Å²) >= 11 is 0. The van der Waals surface area contributed by atoms with Crippen LogP contribution in [0.25, 0.3) is 0 Å². The molecule has 0 saturated carbocycles. The quantitative estimate of drug-likeness (QED) is 0.336. The van der Waals surface area contributed by atoms with Gasteiger partial charge in [-0.3, -0.25) is 0 Å². The van der Waals surface area contributed by atoms with Crippen LogP contribution in [0.3, 0.4) is 0 Å². The minimum Gasteiger partial charge on any atom is -0.394 e. The maximum Gasteiger partial charge on any atom is 0.334 e. The Morgan fingerprint density at radius 1 is 0.667 bits per heavy atom. The smallest absolute Gasteiger partial charge is 0.334 e. The van der Waals surface area contributed by atoms with Gasteiger partial charge in [0.2, 0.25) is 0 Å². The van der Waals surface area contributed by atoms with Crippen molar-refractivity contribution in [2.24, 2.45) is 0 Å². The highest BCUT2D eigenvalue weighted by Crippen LogP contribution is 2.19. The van der Waals surface area contributed by atoms with Gasteiger partial charge in [-0.05, 0) is 25.4 Å². The van der Waals surface area contributed by atoms with E-state index in [9.17, 15) is 0 Å². The Morgan fingerprint density at radius 3 is 1.61 bits per heavy atom. The molecule has 0 bridgehead atoms. The molecule has 0 amide bonds. The lowest BCUT2D eigenvalue weighted by molar-refractivity contribution is 0.168. The van der Waals surface area contributed by atoms with Gasteiger partial charge in [-0.25, -0.2) is 0 Å². The minimum atomic E-state index is -1.87. The van der Waals surface area contributed by atoms with Gasteiger partial charge < -0.3 is 8.85 Å². The average Bonchev–Trinajstić information content (AvgIpc) is 2.36. The molecule has 0 saturated heterocycles. The SMILES string of the molecule is CCCCCC[Si](C)(OCCCC)OCCCC. The van der Waals surface area contributed by atoms with Gasteiger partial charge >= 0.3 is 8.56 Å². The van der Waals surface area contributed by atoms with Crippen LogP contribution < -0.4 is 0 Å². The van der Waals surface area contributed by atoms with Crippen molar-refractivity contribution in [2.75, 3.05) is 13.2 Å². The van der Waals surface area contributed by atoms with Crippen molar-refractivity contribution in [1.82, 2.24) is 0 Å². The maximum absolute atomic E-state index is 6.11. The molecule has 0 heterocycles. The van der Waals surface area contributed by atoms with Crippen molar-refractivity contribution in [2.45, 2.75) is 84.7 Å². The highest BCUT2D eigenvalue weighted by molar-refractivity contribution is 6.66. The van der Waals surface area contributed by atoms with Gasteiger partial charge in [0.1, 0.15) is 0 Å². The summed E-state index contributed by atoms with van der Waals surface area (Å²) < 4.78 is 12.2. The summed E-state index contributed by atoms with van der Waals surface area (Å²) in [5.41, 5.74) is 0. The zero-order chi connectivity index (χ0) is 13.7. The summed E-state index contributed by atoms with van der Waals surface area (Å²) in [6.07, 6.45) is 9.97. The van der Waals surface area contributed by atoms with E-state index in [1.165, 1.54) is 44.6 Å². The fraction of sp³-hybridized carbons (Fsp3) is 1.00. The van der Waals surface area contributed by atoms with Gasteiger partial charge in [-0.15, -0.1) is 0 Å². The van der Waals surface area contributed by atoms with Gasteiger partial charge in [-0.1, -0.05) is 59.3 Å². The van der Waals surface area contributed by atoms with Crippen LogP contribution in [0.15, 0.2) is 0 Å². The normalized spacial score (nSPS) is 12.0. The van der Waals surface area contributed by atoms with Gasteiger partial charge in [0.15, 0.2) is 0 Å². The zero-order valence-electron chi connectivity index (χ0n) is 13.1. The molecule has 0 N–H and O–H groups in total. The number of unbranched alkanes of at least 4 members (excludes halogenated alkanes) is 5. The van der Waals surface area contributed by atoms with Gasteiger partial charge in [-0.2, -0.15) is 0 Å². The first kappa shape index (κ1) is 18.1. The second-order valence-corrected chi connectivity index (χ2v) is 8.69. The topological polar surface area (TPSA) is 18.5 Å². The Kier molecular flexibility index (Phi) is 12.3. The van der Waals surface area contributed by atoms with Crippen molar-refractivity contribution in [3.05, 3.63) is 0 Å². The Labute approximate surface area is 116 Å². The monoisotopic (exact) mass is 274 g/mol. The van der Waals surface area contributed by atoms with Crippen molar-refractivity contribution in [3.63, 3.8) is 0 Å². The van der Waals surface area contributed by atoms with Gasteiger partial charge in [0.05, 0.1) is 0 Å². The molecule has 0 fully saturated rings. The fourth-order valence-corrected chi connectivity index (χ4v) is 4.34. The van der Waals surface area contributed by atoms with E-state index in [4.69, 9.17) is 8.85 Å². The highest BCUT2D eigenvalue weighted by atomic mass is 28.4. The molecule has 3 heteroatoms. The van der Waals surface area contributed by atoms with Crippen molar-refractivity contribution in [1.29, 1.82) is 0 Å². The lowest BCUT2D eigenvalue weighted by Crippen LogP contribution is -2.39. The second-order valence-electron chi connectivity index (χ2n) is 5.35. The molecule has 0 aliphatic heterocycles. The molecule has 0 unspecified atom stereocenters. The van der Waals surface area contributed by atoms with E-state index in [1.807, 2.05) is 0 Å². The first-order valence-corrected chi connectivity index (χ1v) is 10.5. The molecule has 110 valence electrons. The number of rotatable bonds is 13. The first-order valence-electron chi connectivity index (χ1n) is 7.96. The van der Waals surface area contributed by atoms with Crippen LogP contribution in [0, 0.1) is 0 Å². The highest BCUT2D eigenvalue weighted by Gasteiger charge is 2.30. The van der Waals surface area contributed by atoms with Crippen LogP contribution in [0.5, 0.6) is 0 Å². The van der Waals surface area contributed by atoms with E-state index in [0.717, 1.165) is 26.1 Å². The van der Waals surface area contributed by atoms with Crippen molar-refractivity contribution in [3.8, 4) is 0 Å². The van der Waals surface area contributed by atoms with Crippen LogP contribution >= 0.6 is 0 Å². The van der Waals surface area contributed by atoms with E-state index in [0.29, 0.717) is 0 Å². The Hall–Kier alpha value is 0.137. The lowest BCUT2D eigenvalue weighted by atomic mass is 10.2. The van der Waals surface area contributed by atoms with E-state index in [2.05, 4.69) is 27.3 Å². The molecule has 0 aromatic rings. The predicted octanol–water partition coefficient (Wildman–Crippen LogP) is 5.27. The van der Waals surface area contributed by atoms with Gasteiger partial charge in [0, 0.05) is 13.2 Å². The fourth-order valence-electron chi connectivity index (χ4n) is 1.92. The largest absolute Gasteiger partial charge is 0.394 e. The first-order chi connectivity index (χ1) is 8.68. The minimum absolute atomic E-state index is 0.888. The third-order valence-electron chi connectivity index (χ3n) is 3.30. The molecule has 0 spiro atoms. The van der Waals surface area contributed by atoms with Crippen LogP contribution in [-0.2, 0) is 8.85 Å². The lowest BCUT2D eigenvalue weighted by Gasteiger charge is -2.27. The van der Waals surface area contributed by atoms with Crippen LogP contribution in [-0.4, -0.2) is 21.8 Å². The Bertz CT molecular complexity index is 164. The molecule has 0 rings (SSSR count). The average molecular weight is 275 g/mol. The standard InChI is InChI=1S/C15H34O2Si/c1-5-8-11-12-15-18(4,16-13-9-6-2)17-14-10-7-3/h5-15H2,1-4H3. The molecular weight excluding hydrogens is 240 g/mol. The van der Waals surface area contributed by atoms with E-state index in [-0.39, 0.29) is 0 Å². The van der Waals surface area contributed by atoms with Gasteiger partial charge in [0.25, 0.3) is 0 Å². The predicted molar refractivity (Wildman–Crippen MR) is 82.3 cm³/mol. The zero-order valence-corrected chi connectivity index (χ0v) is 14.1. The van der Waals surface area contributed by atoms with E-state index < -0.39 is 8.56 Å². The van der Waals surface area contributed by atoms with E-state index in [1.54, 1.807) is 0 Å². The maximum atomic E-state index is 6.11. The number of hydrogen-bond acceptors (Lipinski definition) is 2. The van der Waals surface area contributed by atoms with Crippen molar-refractivity contribution < 1.29 is 8.85 Å². The number of hydrogen-bond donors (Lipinski definition) is 0. The molecule has 0 aliphatic rings. The Morgan fingerprint density at radius 2 is 1.17 bits per heavy atom. The van der Waals surface area contributed by atoms with Crippen LogP contribution in [0.1, 0.15) is 72.1 Å². The van der Waals surface area contributed by atoms with Crippen LogP contribution in [0.2, 0.25) is 12.6 Å². The molecule has 0 aromatic heterocycles. The molecular formula is C15H34O2Si. The third kappa shape index (κ3) is 10.1. The summed E-state index contributed by atoms with van der Waals surface area (Å²) in [5.74, 6) is 0. The van der Waals surface area contributed by atoms with Crippen LogP contribution in [0.4, 0.5) is 0 Å². The summed E-state index contributed by atoms with van der Waals surface area (Å²) in [4.78, 5) is 0. The second kappa shape index (κ2) is 12.2. The summed E-state index contributed by atoms with van der Waals surface area (Å²) in [6.45, 7) is 10.7.